The number of pyridine rings is 2. The molecular weight excluding hydrogens is 649 g/mol. The Morgan fingerprint density at radius 3 is 1.96 bits per heavy atom. The SMILES string of the molecule is CC1(C)CCC(C)(C)c2cc3c(cc21)c1ccccc1n3-c1cccc(-c2nc(-c3ccccc3)nc(-c3ccc4ccc5cccnc5c4n3)n2)c1. The smallest absolute Gasteiger partial charge is 0.182 e. The summed E-state index contributed by atoms with van der Waals surface area (Å²) in [6.07, 6.45) is 4.16. The van der Waals surface area contributed by atoms with E-state index in [0.29, 0.717) is 23.2 Å². The second-order valence-corrected chi connectivity index (χ2v) is 15.7. The highest BCUT2D eigenvalue weighted by molar-refractivity contribution is 6.10. The van der Waals surface area contributed by atoms with E-state index in [1.54, 1.807) is 0 Å². The molecule has 5 aromatic carbocycles. The maximum atomic E-state index is 5.11. The molecule has 0 aliphatic heterocycles. The molecule has 1 aliphatic rings. The Bertz CT molecular complexity index is 2900. The summed E-state index contributed by atoms with van der Waals surface area (Å²) in [4.78, 5) is 25.0. The number of para-hydroxylation sites is 1. The highest BCUT2D eigenvalue weighted by Gasteiger charge is 2.38. The molecule has 4 heterocycles. The number of rotatable bonds is 4. The number of benzene rings is 5. The molecule has 4 aromatic heterocycles. The summed E-state index contributed by atoms with van der Waals surface area (Å²) >= 11 is 0. The lowest BCUT2D eigenvalue weighted by molar-refractivity contribution is 0.332. The monoisotopic (exact) mass is 686 g/mol. The van der Waals surface area contributed by atoms with E-state index < -0.39 is 0 Å². The summed E-state index contributed by atoms with van der Waals surface area (Å²) in [6, 6.07) is 44.6. The number of hydrogen-bond acceptors (Lipinski definition) is 5. The molecule has 0 bridgehead atoms. The predicted molar refractivity (Wildman–Crippen MR) is 216 cm³/mol. The van der Waals surface area contributed by atoms with Gasteiger partial charge in [-0.15, -0.1) is 0 Å². The summed E-state index contributed by atoms with van der Waals surface area (Å²) in [5, 5.41) is 4.60. The normalized spacial score (nSPS) is 14.9. The van der Waals surface area contributed by atoms with Crippen LogP contribution in [0, 0.1) is 0 Å². The second-order valence-electron chi connectivity index (χ2n) is 15.7. The molecule has 6 nitrogen and oxygen atoms in total. The lowest BCUT2D eigenvalue weighted by atomic mass is 9.63. The summed E-state index contributed by atoms with van der Waals surface area (Å²) in [5.74, 6) is 1.71. The van der Waals surface area contributed by atoms with Crippen LogP contribution in [0.3, 0.4) is 0 Å². The summed E-state index contributed by atoms with van der Waals surface area (Å²) < 4.78 is 2.41. The van der Waals surface area contributed by atoms with Crippen molar-refractivity contribution < 1.29 is 0 Å². The van der Waals surface area contributed by atoms with Gasteiger partial charge in [-0.2, -0.15) is 0 Å². The number of nitrogens with zero attached hydrogens (tertiary/aromatic N) is 6. The van der Waals surface area contributed by atoms with Crippen molar-refractivity contribution in [2.45, 2.75) is 51.4 Å². The molecule has 0 unspecified atom stereocenters. The van der Waals surface area contributed by atoms with Crippen molar-refractivity contribution in [3.8, 4) is 40.0 Å². The maximum absolute atomic E-state index is 5.11. The van der Waals surface area contributed by atoms with E-state index in [4.69, 9.17) is 19.9 Å². The molecule has 0 amide bonds. The van der Waals surface area contributed by atoms with Gasteiger partial charge < -0.3 is 4.57 Å². The molecule has 10 rings (SSSR count). The van der Waals surface area contributed by atoms with Gasteiger partial charge in [0.1, 0.15) is 5.69 Å². The zero-order valence-electron chi connectivity index (χ0n) is 30.3. The third kappa shape index (κ3) is 5.12. The van der Waals surface area contributed by atoms with Crippen LogP contribution in [0.5, 0.6) is 0 Å². The molecule has 0 saturated heterocycles. The van der Waals surface area contributed by atoms with E-state index in [2.05, 4.69) is 122 Å². The Balaban J connectivity index is 1.18. The van der Waals surface area contributed by atoms with Gasteiger partial charge in [-0.05, 0) is 77.3 Å². The standard InChI is InChI=1S/C47H38N6/c1-46(2)23-24-47(3,4)37-28-40-35(27-36(37)46)34-17-8-9-18-39(34)53(40)33-16-10-14-32(26-33)44-50-43(31-12-6-5-7-13-31)51-45(52-44)38-22-21-30-20-19-29-15-11-25-48-41(29)42(30)49-38/h5-22,25-28H,23-24H2,1-4H3. The van der Waals surface area contributed by atoms with Gasteiger partial charge in [0.2, 0.25) is 0 Å². The zero-order valence-corrected chi connectivity index (χ0v) is 30.3. The van der Waals surface area contributed by atoms with Crippen LogP contribution in [0.25, 0.3) is 83.6 Å². The first kappa shape index (κ1) is 31.5. The summed E-state index contributed by atoms with van der Waals surface area (Å²) in [6.45, 7) is 9.59. The first-order valence-electron chi connectivity index (χ1n) is 18.4. The van der Waals surface area contributed by atoms with Crippen molar-refractivity contribution in [1.82, 2.24) is 29.5 Å². The minimum Gasteiger partial charge on any atom is -0.309 e. The average molecular weight is 687 g/mol. The summed E-state index contributed by atoms with van der Waals surface area (Å²) in [5.41, 5.74) is 10.8. The third-order valence-corrected chi connectivity index (χ3v) is 11.3. The van der Waals surface area contributed by atoms with E-state index in [1.807, 2.05) is 48.7 Å². The number of aromatic nitrogens is 6. The molecular formula is C47H38N6. The van der Waals surface area contributed by atoms with Crippen molar-refractivity contribution in [2.24, 2.45) is 0 Å². The van der Waals surface area contributed by atoms with Gasteiger partial charge in [0.05, 0.1) is 22.1 Å². The molecule has 53 heavy (non-hydrogen) atoms. The Hall–Kier alpha value is -6.27. The Morgan fingerprint density at radius 1 is 0.491 bits per heavy atom. The molecule has 6 heteroatoms. The van der Waals surface area contributed by atoms with Crippen molar-refractivity contribution in [3.63, 3.8) is 0 Å². The molecule has 0 N–H and O–H groups in total. The van der Waals surface area contributed by atoms with Crippen LogP contribution in [0.15, 0.2) is 134 Å². The minimum atomic E-state index is 0.0937. The fourth-order valence-corrected chi connectivity index (χ4v) is 8.28. The van der Waals surface area contributed by atoms with E-state index in [-0.39, 0.29) is 10.8 Å². The fourth-order valence-electron chi connectivity index (χ4n) is 8.28. The minimum absolute atomic E-state index is 0.0937. The van der Waals surface area contributed by atoms with Crippen molar-refractivity contribution in [3.05, 3.63) is 145 Å². The second kappa shape index (κ2) is 11.6. The van der Waals surface area contributed by atoms with Gasteiger partial charge >= 0.3 is 0 Å². The Labute approximate surface area is 308 Å². The average Bonchev–Trinajstić information content (AvgIpc) is 3.53. The van der Waals surface area contributed by atoms with Crippen LogP contribution in [0.4, 0.5) is 0 Å². The molecule has 0 radical (unpaired) electrons. The molecule has 1 aliphatic carbocycles. The molecule has 0 atom stereocenters. The lowest BCUT2D eigenvalue weighted by Gasteiger charge is -2.42. The van der Waals surface area contributed by atoms with Gasteiger partial charge in [-0.3, -0.25) is 4.98 Å². The van der Waals surface area contributed by atoms with Crippen molar-refractivity contribution in [1.29, 1.82) is 0 Å². The first-order valence-corrected chi connectivity index (χ1v) is 18.4. The van der Waals surface area contributed by atoms with Crippen LogP contribution in [-0.2, 0) is 10.8 Å². The fraction of sp³-hybridized carbons (Fsp3) is 0.170. The van der Waals surface area contributed by atoms with Gasteiger partial charge in [0.25, 0.3) is 0 Å². The zero-order chi connectivity index (χ0) is 35.9. The van der Waals surface area contributed by atoms with Crippen molar-refractivity contribution in [2.75, 3.05) is 0 Å². The molecule has 0 saturated carbocycles. The highest BCUT2D eigenvalue weighted by Crippen LogP contribution is 2.48. The van der Waals surface area contributed by atoms with Crippen LogP contribution < -0.4 is 0 Å². The van der Waals surface area contributed by atoms with Crippen molar-refractivity contribution >= 4 is 43.6 Å². The van der Waals surface area contributed by atoms with Crippen LogP contribution in [-0.4, -0.2) is 29.5 Å². The molecule has 0 spiro atoms. The van der Waals surface area contributed by atoms with E-state index in [1.165, 1.54) is 45.8 Å². The predicted octanol–water partition coefficient (Wildman–Crippen LogP) is 11.4. The topological polar surface area (TPSA) is 69.4 Å². The number of hydrogen-bond donors (Lipinski definition) is 0. The molecule has 256 valence electrons. The quantitative estimate of drug-likeness (QED) is 0.172. The third-order valence-electron chi connectivity index (χ3n) is 11.3. The van der Waals surface area contributed by atoms with Gasteiger partial charge in [-0.25, -0.2) is 19.9 Å². The highest BCUT2D eigenvalue weighted by atomic mass is 15.1. The Kier molecular flexibility index (Phi) is 6.90. The lowest BCUT2D eigenvalue weighted by Crippen LogP contribution is -2.33. The largest absolute Gasteiger partial charge is 0.309 e. The first-order chi connectivity index (χ1) is 25.7. The van der Waals surface area contributed by atoms with E-state index >= 15 is 0 Å². The Morgan fingerprint density at radius 2 is 1.15 bits per heavy atom. The van der Waals surface area contributed by atoms with Crippen LogP contribution >= 0.6 is 0 Å². The van der Waals surface area contributed by atoms with Gasteiger partial charge in [0, 0.05) is 44.6 Å². The van der Waals surface area contributed by atoms with E-state index in [0.717, 1.165) is 38.6 Å². The van der Waals surface area contributed by atoms with Crippen LogP contribution in [0.1, 0.15) is 51.7 Å². The molecule has 9 aromatic rings. The van der Waals surface area contributed by atoms with Gasteiger partial charge in [-0.1, -0.05) is 113 Å². The molecule has 0 fully saturated rings. The van der Waals surface area contributed by atoms with Gasteiger partial charge in [0.15, 0.2) is 17.5 Å². The maximum Gasteiger partial charge on any atom is 0.182 e. The number of fused-ring (bicyclic) bond motifs is 7. The summed E-state index contributed by atoms with van der Waals surface area (Å²) in [7, 11) is 0. The van der Waals surface area contributed by atoms with E-state index in [9.17, 15) is 0 Å². The van der Waals surface area contributed by atoms with Crippen LogP contribution in [0.2, 0.25) is 0 Å².